The Labute approximate surface area is 113 Å². The standard InChI is InChI=1S/C15H19N3O/c1-17-9-8-13-14(11-17)16-18(15(13)19-2)10-12-6-4-3-5-7-12/h3-7H,8-11H2,1-2H3. The van der Waals surface area contributed by atoms with Gasteiger partial charge in [0, 0.05) is 18.7 Å². The van der Waals surface area contributed by atoms with Crippen LogP contribution in [-0.2, 0) is 19.5 Å². The summed E-state index contributed by atoms with van der Waals surface area (Å²) in [5.74, 6) is 0.923. The van der Waals surface area contributed by atoms with Gasteiger partial charge in [-0.25, -0.2) is 4.68 Å². The highest BCUT2D eigenvalue weighted by atomic mass is 16.5. The van der Waals surface area contributed by atoms with Gasteiger partial charge in [0.25, 0.3) is 0 Å². The molecule has 2 heterocycles. The first kappa shape index (κ1) is 12.2. The Morgan fingerprint density at radius 3 is 2.79 bits per heavy atom. The third kappa shape index (κ3) is 2.36. The molecule has 0 atom stereocenters. The normalized spacial score (nSPS) is 15.3. The van der Waals surface area contributed by atoms with Crippen LogP contribution in [0.2, 0.25) is 0 Å². The van der Waals surface area contributed by atoms with Gasteiger partial charge in [0.1, 0.15) is 0 Å². The number of likely N-dealkylation sites (N-methyl/N-ethyl adjacent to an activating group) is 1. The topological polar surface area (TPSA) is 30.3 Å². The fourth-order valence-corrected chi connectivity index (χ4v) is 2.64. The molecule has 1 aromatic carbocycles. The summed E-state index contributed by atoms with van der Waals surface area (Å²) in [7, 11) is 3.86. The molecule has 0 unspecified atom stereocenters. The smallest absolute Gasteiger partial charge is 0.215 e. The Kier molecular flexibility index (Phi) is 3.25. The molecule has 0 spiro atoms. The van der Waals surface area contributed by atoms with Crippen LogP contribution in [0.4, 0.5) is 0 Å². The molecular formula is C15H19N3O. The van der Waals surface area contributed by atoms with Crippen molar-refractivity contribution >= 4 is 0 Å². The highest BCUT2D eigenvalue weighted by Crippen LogP contribution is 2.27. The summed E-state index contributed by atoms with van der Waals surface area (Å²) in [5, 5.41) is 4.72. The van der Waals surface area contributed by atoms with E-state index in [1.165, 1.54) is 11.1 Å². The summed E-state index contributed by atoms with van der Waals surface area (Å²) in [6.07, 6.45) is 1.02. The van der Waals surface area contributed by atoms with Crippen LogP contribution in [-0.4, -0.2) is 35.4 Å². The lowest BCUT2D eigenvalue weighted by Crippen LogP contribution is -2.26. The van der Waals surface area contributed by atoms with E-state index in [0.717, 1.165) is 37.6 Å². The minimum Gasteiger partial charge on any atom is -0.481 e. The lowest BCUT2D eigenvalue weighted by Gasteiger charge is -2.20. The van der Waals surface area contributed by atoms with Gasteiger partial charge in [0.05, 0.1) is 19.3 Å². The zero-order valence-corrected chi connectivity index (χ0v) is 11.5. The molecule has 19 heavy (non-hydrogen) atoms. The fourth-order valence-electron chi connectivity index (χ4n) is 2.64. The first-order valence-corrected chi connectivity index (χ1v) is 6.63. The molecule has 2 aromatic rings. The summed E-state index contributed by atoms with van der Waals surface area (Å²) < 4.78 is 7.56. The van der Waals surface area contributed by atoms with Gasteiger partial charge >= 0.3 is 0 Å². The minimum absolute atomic E-state index is 0.765. The second-order valence-corrected chi connectivity index (χ2v) is 5.07. The first-order chi connectivity index (χ1) is 9.28. The van der Waals surface area contributed by atoms with E-state index in [-0.39, 0.29) is 0 Å². The number of benzene rings is 1. The number of aromatic nitrogens is 2. The van der Waals surface area contributed by atoms with E-state index in [1.807, 2.05) is 10.7 Å². The third-order valence-corrected chi connectivity index (χ3v) is 3.61. The van der Waals surface area contributed by atoms with Gasteiger partial charge in [-0.1, -0.05) is 30.3 Å². The van der Waals surface area contributed by atoms with Gasteiger partial charge in [0.2, 0.25) is 5.88 Å². The molecule has 0 aliphatic carbocycles. The van der Waals surface area contributed by atoms with Crippen LogP contribution >= 0.6 is 0 Å². The summed E-state index contributed by atoms with van der Waals surface area (Å²) >= 11 is 0. The minimum atomic E-state index is 0.765. The highest BCUT2D eigenvalue weighted by Gasteiger charge is 2.23. The molecule has 0 saturated heterocycles. The van der Waals surface area contributed by atoms with Gasteiger partial charge < -0.3 is 9.64 Å². The Morgan fingerprint density at radius 1 is 1.26 bits per heavy atom. The average Bonchev–Trinajstić information content (AvgIpc) is 2.76. The van der Waals surface area contributed by atoms with Crippen molar-refractivity contribution in [2.24, 2.45) is 0 Å². The third-order valence-electron chi connectivity index (χ3n) is 3.61. The number of hydrogen-bond donors (Lipinski definition) is 0. The Hall–Kier alpha value is -1.81. The van der Waals surface area contributed by atoms with Gasteiger partial charge in [0.15, 0.2) is 0 Å². The van der Waals surface area contributed by atoms with E-state index in [2.05, 4.69) is 36.2 Å². The number of nitrogens with zero attached hydrogens (tertiary/aromatic N) is 3. The number of ether oxygens (including phenoxy) is 1. The van der Waals surface area contributed by atoms with Gasteiger partial charge in [-0.3, -0.25) is 0 Å². The Morgan fingerprint density at radius 2 is 2.05 bits per heavy atom. The molecule has 1 aliphatic heterocycles. The highest BCUT2D eigenvalue weighted by molar-refractivity contribution is 5.34. The van der Waals surface area contributed by atoms with Gasteiger partial charge in [-0.05, 0) is 19.0 Å². The molecular weight excluding hydrogens is 238 g/mol. The summed E-state index contributed by atoms with van der Waals surface area (Å²) in [6, 6.07) is 10.4. The molecule has 0 N–H and O–H groups in total. The Balaban J connectivity index is 1.93. The van der Waals surface area contributed by atoms with E-state index >= 15 is 0 Å². The molecule has 4 nitrogen and oxygen atoms in total. The summed E-state index contributed by atoms with van der Waals surface area (Å²) in [6.45, 7) is 2.74. The van der Waals surface area contributed by atoms with E-state index in [9.17, 15) is 0 Å². The van der Waals surface area contributed by atoms with E-state index < -0.39 is 0 Å². The quantitative estimate of drug-likeness (QED) is 0.841. The zero-order valence-electron chi connectivity index (χ0n) is 11.5. The largest absolute Gasteiger partial charge is 0.481 e. The summed E-state index contributed by atoms with van der Waals surface area (Å²) in [4.78, 5) is 2.29. The zero-order chi connectivity index (χ0) is 13.2. The maximum atomic E-state index is 5.57. The second kappa shape index (κ2) is 5.05. The van der Waals surface area contributed by atoms with Crippen molar-refractivity contribution in [3.05, 3.63) is 47.2 Å². The average molecular weight is 257 g/mol. The number of methoxy groups -OCH3 is 1. The maximum Gasteiger partial charge on any atom is 0.215 e. The Bertz CT molecular complexity index is 562. The monoisotopic (exact) mass is 257 g/mol. The van der Waals surface area contributed by atoms with Crippen molar-refractivity contribution in [2.75, 3.05) is 20.7 Å². The molecule has 0 fully saturated rings. The van der Waals surface area contributed by atoms with Crippen LogP contribution in [0.1, 0.15) is 16.8 Å². The first-order valence-electron chi connectivity index (χ1n) is 6.63. The van der Waals surface area contributed by atoms with Crippen molar-refractivity contribution in [3.63, 3.8) is 0 Å². The molecule has 0 saturated carbocycles. The SMILES string of the molecule is COc1c2c(nn1Cc1ccccc1)CN(C)CC2. The van der Waals surface area contributed by atoms with E-state index in [1.54, 1.807) is 7.11 Å². The number of fused-ring (bicyclic) bond motifs is 1. The van der Waals surface area contributed by atoms with E-state index in [4.69, 9.17) is 9.84 Å². The van der Waals surface area contributed by atoms with Crippen molar-refractivity contribution in [1.29, 1.82) is 0 Å². The van der Waals surface area contributed by atoms with Crippen LogP contribution in [0.5, 0.6) is 5.88 Å². The van der Waals surface area contributed by atoms with Gasteiger partial charge in [-0.2, -0.15) is 5.10 Å². The van der Waals surface area contributed by atoms with Crippen molar-refractivity contribution < 1.29 is 4.74 Å². The molecule has 0 radical (unpaired) electrons. The molecule has 1 aliphatic rings. The molecule has 0 bridgehead atoms. The van der Waals surface area contributed by atoms with Crippen molar-refractivity contribution in [2.45, 2.75) is 19.5 Å². The van der Waals surface area contributed by atoms with Crippen LogP contribution in [0, 0.1) is 0 Å². The fraction of sp³-hybridized carbons (Fsp3) is 0.400. The lowest BCUT2D eigenvalue weighted by molar-refractivity contribution is 0.305. The maximum absolute atomic E-state index is 5.57. The molecule has 1 aromatic heterocycles. The second-order valence-electron chi connectivity index (χ2n) is 5.07. The van der Waals surface area contributed by atoms with Crippen molar-refractivity contribution in [3.8, 4) is 5.88 Å². The summed E-state index contributed by atoms with van der Waals surface area (Å²) in [5.41, 5.74) is 3.67. The number of rotatable bonds is 3. The molecule has 3 rings (SSSR count). The molecule has 4 heteroatoms. The van der Waals surface area contributed by atoms with E-state index in [0.29, 0.717) is 0 Å². The van der Waals surface area contributed by atoms with Crippen LogP contribution in [0.15, 0.2) is 30.3 Å². The predicted octanol–water partition coefficient (Wildman–Crippen LogP) is 1.93. The molecule has 100 valence electrons. The van der Waals surface area contributed by atoms with Gasteiger partial charge in [-0.15, -0.1) is 0 Å². The van der Waals surface area contributed by atoms with Crippen LogP contribution < -0.4 is 4.74 Å². The number of hydrogen-bond acceptors (Lipinski definition) is 3. The lowest BCUT2D eigenvalue weighted by atomic mass is 10.1. The molecule has 0 amide bonds. The van der Waals surface area contributed by atoms with Crippen LogP contribution in [0.3, 0.4) is 0 Å². The van der Waals surface area contributed by atoms with Crippen molar-refractivity contribution in [1.82, 2.24) is 14.7 Å². The predicted molar refractivity (Wildman–Crippen MR) is 74.4 cm³/mol. The van der Waals surface area contributed by atoms with Crippen LogP contribution in [0.25, 0.3) is 0 Å².